The number of morpholine rings is 1. The second-order valence-corrected chi connectivity index (χ2v) is 7.39. The van der Waals surface area contributed by atoms with Crippen molar-refractivity contribution in [2.24, 2.45) is 0 Å². The van der Waals surface area contributed by atoms with Gasteiger partial charge in [0, 0.05) is 37.6 Å². The number of nitrogens with one attached hydrogen (secondary N) is 1. The molecule has 134 valence electrons. The van der Waals surface area contributed by atoms with Gasteiger partial charge in [0.2, 0.25) is 0 Å². The van der Waals surface area contributed by atoms with E-state index >= 15 is 0 Å². The number of benzene rings is 1. The number of ether oxygens (including phenoxy) is 1. The molecule has 0 unspecified atom stereocenters. The number of fused-ring (bicyclic) bond motifs is 1. The molecule has 3 heterocycles. The van der Waals surface area contributed by atoms with Crippen LogP contribution in [-0.4, -0.2) is 70.3 Å². The number of amides is 1. The van der Waals surface area contributed by atoms with E-state index in [2.05, 4.69) is 28.9 Å². The highest BCUT2D eigenvalue weighted by atomic mass is 16.5. The molecule has 0 bridgehead atoms. The largest absolute Gasteiger partial charge is 0.373 e. The molecule has 0 aliphatic carbocycles. The molecule has 6 nitrogen and oxygen atoms in total. The van der Waals surface area contributed by atoms with Crippen LogP contribution < -0.4 is 0 Å². The number of hydrogen-bond donors (Lipinski definition) is 1. The monoisotopic (exact) mass is 342 g/mol. The number of aromatic nitrogens is 2. The second-order valence-electron chi connectivity index (χ2n) is 7.39. The van der Waals surface area contributed by atoms with Crippen molar-refractivity contribution in [3.8, 4) is 0 Å². The Balaban J connectivity index is 1.50. The van der Waals surface area contributed by atoms with Gasteiger partial charge in [-0.2, -0.15) is 5.10 Å². The normalized spacial score (nSPS) is 27.9. The average molecular weight is 342 g/mol. The highest BCUT2D eigenvalue weighted by molar-refractivity contribution is 6.04. The molecule has 2 saturated heterocycles. The van der Waals surface area contributed by atoms with E-state index in [0.29, 0.717) is 5.69 Å². The van der Waals surface area contributed by atoms with E-state index in [9.17, 15) is 4.79 Å². The number of para-hydroxylation sites is 1. The minimum Gasteiger partial charge on any atom is -0.373 e. The van der Waals surface area contributed by atoms with E-state index in [4.69, 9.17) is 4.74 Å². The number of carbonyl (C=O) groups is 1. The zero-order valence-corrected chi connectivity index (χ0v) is 14.9. The van der Waals surface area contributed by atoms with Gasteiger partial charge in [0.05, 0.1) is 17.7 Å². The van der Waals surface area contributed by atoms with Crippen LogP contribution in [0.4, 0.5) is 0 Å². The molecule has 1 N–H and O–H groups in total. The summed E-state index contributed by atoms with van der Waals surface area (Å²) in [4.78, 5) is 17.6. The molecular formula is C19H26N4O2. The van der Waals surface area contributed by atoms with Crippen molar-refractivity contribution >= 4 is 16.8 Å². The lowest BCUT2D eigenvalue weighted by Crippen LogP contribution is -2.51. The average Bonchev–Trinajstić information content (AvgIpc) is 3.20. The van der Waals surface area contributed by atoms with Crippen LogP contribution in [0.25, 0.3) is 10.9 Å². The van der Waals surface area contributed by atoms with E-state index in [1.807, 2.05) is 29.2 Å². The van der Waals surface area contributed by atoms with Crippen LogP contribution in [0, 0.1) is 0 Å². The molecule has 25 heavy (non-hydrogen) atoms. The predicted octanol–water partition coefficient (Wildman–Crippen LogP) is 2.28. The summed E-state index contributed by atoms with van der Waals surface area (Å²) >= 11 is 0. The smallest absolute Gasteiger partial charge is 0.275 e. The molecule has 3 atom stereocenters. The van der Waals surface area contributed by atoms with Crippen LogP contribution in [0.15, 0.2) is 24.3 Å². The number of hydrogen-bond acceptors (Lipinski definition) is 4. The van der Waals surface area contributed by atoms with Crippen molar-refractivity contribution in [2.75, 3.05) is 26.2 Å². The number of nitrogens with zero attached hydrogens (tertiary/aromatic N) is 3. The first-order valence-electron chi connectivity index (χ1n) is 9.23. The molecule has 4 rings (SSSR count). The minimum absolute atomic E-state index is 0.0503. The third kappa shape index (κ3) is 3.28. The number of H-pyrrole nitrogens is 1. The lowest BCUT2D eigenvalue weighted by molar-refractivity contribution is -0.0715. The molecule has 1 aromatic heterocycles. The summed E-state index contributed by atoms with van der Waals surface area (Å²) in [5, 5.41) is 8.18. The molecule has 6 heteroatoms. The summed E-state index contributed by atoms with van der Waals surface area (Å²) < 4.78 is 5.83. The number of carbonyl (C=O) groups excluding carboxylic acids is 1. The fourth-order valence-electron chi connectivity index (χ4n) is 4.29. The van der Waals surface area contributed by atoms with Gasteiger partial charge >= 0.3 is 0 Å². The van der Waals surface area contributed by atoms with Crippen molar-refractivity contribution < 1.29 is 9.53 Å². The zero-order valence-electron chi connectivity index (χ0n) is 14.9. The van der Waals surface area contributed by atoms with Crippen molar-refractivity contribution in [1.29, 1.82) is 0 Å². The summed E-state index contributed by atoms with van der Waals surface area (Å²) in [6.45, 7) is 7.86. The Bertz CT molecular complexity index is 749. The van der Waals surface area contributed by atoms with Crippen LogP contribution in [0.1, 0.15) is 37.2 Å². The van der Waals surface area contributed by atoms with Crippen molar-refractivity contribution in [1.82, 2.24) is 20.0 Å². The number of aromatic amines is 1. The Kier molecular flexibility index (Phi) is 4.48. The standard InChI is InChI=1S/C19H26N4O2/c1-13-10-22(11-14(2)25-13)12-15-6-5-9-23(15)19(24)18-16-7-3-4-8-17(16)20-21-18/h3-4,7-8,13-15H,5-6,9-12H2,1-2H3,(H,20,21)/t13-,14-,15+/m1/s1. The predicted molar refractivity (Wildman–Crippen MR) is 96.6 cm³/mol. The van der Waals surface area contributed by atoms with Crippen LogP contribution in [0.5, 0.6) is 0 Å². The first-order chi connectivity index (χ1) is 12.1. The third-order valence-corrected chi connectivity index (χ3v) is 5.28. The third-order valence-electron chi connectivity index (χ3n) is 5.28. The summed E-state index contributed by atoms with van der Waals surface area (Å²) in [7, 11) is 0. The Morgan fingerprint density at radius 1 is 1.28 bits per heavy atom. The maximum Gasteiger partial charge on any atom is 0.275 e. The Hall–Kier alpha value is -1.92. The van der Waals surface area contributed by atoms with Crippen molar-refractivity contribution in [2.45, 2.75) is 44.9 Å². The number of rotatable bonds is 3. The molecule has 1 aromatic carbocycles. The van der Waals surface area contributed by atoms with E-state index in [-0.39, 0.29) is 24.2 Å². The fourth-order valence-corrected chi connectivity index (χ4v) is 4.29. The highest BCUT2D eigenvalue weighted by Crippen LogP contribution is 2.24. The summed E-state index contributed by atoms with van der Waals surface area (Å²) in [5.41, 5.74) is 1.46. The molecule has 2 aliphatic heterocycles. The maximum atomic E-state index is 13.1. The van der Waals surface area contributed by atoms with Crippen LogP contribution >= 0.6 is 0 Å². The highest BCUT2D eigenvalue weighted by Gasteiger charge is 2.34. The van der Waals surface area contributed by atoms with Gasteiger partial charge in [-0.05, 0) is 32.8 Å². The fraction of sp³-hybridized carbons (Fsp3) is 0.579. The van der Waals surface area contributed by atoms with Gasteiger partial charge < -0.3 is 9.64 Å². The molecule has 2 fully saturated rings. The molecule has 2 aliphatic rings. The molecule has 0 radical (unpaired) electrons. The van der Waals surface area contributed by atoms with Gasteiger partial charge in [-0.3, -0.25) is 14.8 Å². The minimum atomic E-state index is 0.0503. The first-order valence-corrected chi connectivity index (χ1v) is 9.23. The van der Waals surface area contributed by atoms with Crippen LogP contribution in [0.3, 0.4) is 0 Å². The van der Waals surface area contributed by atoms with E-state index in [1.165, 1.54) is 0 Å². The van der Waals surface area contributed by atoms with Crippen LogP contribution in [-0.2, 0) is 4.74 Å². The lowest BCUT2D eigenvalue weighted by atomic mass is 10.1. The maximum absolute atomic E-state index is 13.1. The quantitative estimate of drug-likeness (QED) is 0.930. The van der Waals surface area contributed by atoms with Gasteiger partial charge in [-0.15, -0.1) is 0 Å². The van der Waals surface area contributed by atoms with E-state index < -0.39 is 0 Å². The SMILES string of the molecule is C[C@@H]1CN(C[C@@H]2CCCN2C(=O)c2n[nH]c3ccccc23)C[C@@H](C)O1. The summed E-state index contributed by atoms with van der Waals surface area (Å²) in [6.07, 6.45) is 2.64. The van der Waals surface area contributed by atoms with Gasteiger partial charge in [-0.25, -0.2) is 0 Å². The lowest BCUT2D eigenvalue weighted by Gasteiger charge is -2.38. The van der Waals surface area contributed by atoms with E-state index in [1.54, 1.807) is 0 Å². The van der Waals surface area contributed by atoms with Crippen LogP contribution in [0.2, 0.25) is 0 Å². The van der Waals surface area contributed by atoms with Gasteiger partial charge in [-0.1, -0.05) is 18.2 Å². The van der Waals surface area contributed by atoms with Crippen molar-refractivity contribution in [3.05, 3.63) is 30.0 Å². The van der Waals surface area contributed by atoms with Gasteiger partial charge in [0.15, 0.2) is 5.69 Å². The van der Waals surface area contributed by atoms with Crippen molar-refractivity contribution in [3.63, 3.8) is 0 Å². The second kappa shape index (κ2) is 6.77. The van der Waals surface area contributed by atoms with E-state index in [0.717, 1.165) is 49.9 Å². The Labute approximate surface area is 148 Å². The summed E-state index contributed by atoms with van der Waals surface area (Å²) in [6, 6.07) is 8.08. The first kappa shape index (κ1) is 16.5. The molecule has 0 spiro atoms. The Morgan fingerprint density at radius 3 is 2.84 bits per heavy atom. The molecule has 1 amide bonds. The number of likely N-dealkylation sites (tertiary alicyclic amines) is 1. The Morgan fingerprint density at radius 2 is 2.04 bits per heavy atom. The summed E-state index contributed by atoms with van der Waals surface area (Å²) in [5.74, 6) is 0.0503. The molecule has 0 saturated carbocycles. The van der Waals surface area contributed by atoms with Gasteiger partial charge in [0.1, 0.15) is 0 Å². The molecular weight excluding hydrogens is 316 g/mol. The molecule has 2 aromatic rings. The topological polar surface area (TPSA) is 61.5 Å². The zero-order chi connectivity index (χ0) is 17.4. The van der Waals surface area contributed by atoms with Gasteiger partial charge in [0.25, 0.3) is 5.91 Å².